The number of aliphatic imine (C=N–C) groups is 2. The van der Waals surface area contributed by atoms with Gasteiger partial charge < -0.3 is 5.32 Å². The number of hydrogen-bond donors (Lipinski definition) is 2. The van der Waals surface area contributed by atoms with Crippen molar-refractivity contribution in [1.29, 1.82) is 0 Å². The molecule has 0 fully saturated rings. The standard InChI is InChI=1S/C13H13NO.C9H11N3O2S/c15-8-14-13-11-5-1-3-9(11)7-10-4-2-6-12(10)13;10-15(13,14)8-3-1-2-7(6-8)9-11-4-5-12-9/h7H,1-6H2;1-3,6H,4-5H2,(H,11,12)(H2,10,13,14). The van der Waals surface area contributed by atoms with Crippen molar-refractivity contribution in [2.45, 2.75) is 43.4 Å². The van der Waals surface area contributed by atoms with Gasteiger partial charge in [-0.1, -0.05) is 18.2 Å². The van der Waals surface area contributed by atoms with E-state index in [9.17, 15) is 13.2 Å². The lowest BCUT2D eigenvalue weighted by Crippen LogP contribution is -2.20. The van der Waals surface area contributed by atoms with Crippen molar-refractivity contribution in [3.8, 4) is 0 Å². The lowest BCUT2D eigenvalue weighted by molar-refractivity contribution is 0.565. The van der Waals surface area contributed by atoms with Gasteiger partial charge in [-0.15, -0.1) is 0 Å². The molecule has 2 aliphatic carbocycles. The number of isocyanates is 1. The number of fused-ring (bicyclic) bond motifs is 2. The predicted octanol–water partition coefficient (Wildman–Crippen LogP) is 2.32. The van der Waals surface area contributed by atoms with Gasteiger partial charge in [-0.2, -0.15) is 4.99 Å². The molecule has 3 N–H and O–H groups in total. The maximum atomic E-state index is 11.1. The van der Waals surface area contributed by atoms with E-state index in [1.54, 1.807) is 18.2 Å². The minimum atomic E-state index is -3.64. The maximum absolute atomic E-state index is 11.1. The van der Waals surface area contributed by atoms with Crippen LogP contribution in [-0.2, 0) is 40.5 Å². The first-order chi connectivity index (χ1) is 14.5. The molecule has 0 aromatic heterocycles. The fourth-order valence-corrected chi connectivity index (χ4v) is 4.94. The van der Waals surface area contributed by atoms with E-state index in [0.717, 1.165) is 55.9 Å². The molecule has 2 aromatic rings. The lowest BCUT2D eigenvalue weighted by Gasteiger charge is -2.09. The summed E-state index contributed by atoms with van der Waals surface area (Å²) < 4.78 is 22.2. The number of hydrogen-bond acceptors (Lipinski definition) is 6. The van der Waals surface area contributed by atoms with Crippen LogP contribution in [-0.4, -0.2) is 33.4 Å². The highest BCUT2D eigenvalue weighted by Gasteiger charge is 2.23. The minimum Gasteiger partial charge on any atom is -0.368 e. The minimum absolute atomic E-state index is 0.108. The average Bonchev–Trinajstić information content (AvgIpc) is 3.49. The number of sulfonamides is 1. The third-order valence-electron chi connectivity index (χ3n) is 5.71. The molecule has 0 saturated heterocycles. The van der Waals surface area contributed by atoms with Gasteiger partial charge in [0, 0.05) is 12.1 Å². The SMILES string of the molecule is NS(=O)(=O)c1cccc(C2=NCCN2)c1.O=C=Nc1c2c(cc3c1CCC3)CCC2. The Bertz CT molecular complexity index is 1130. The van der Waals surface area contributed by atoms with E-state index in [0.29, 0.717) is 0 Å². The Kier molecular flexibility index (Phi) is 5.81. The molecule has 1 heterocycles. The summed E-state index contributed by atoms with van der Waals surface area (Å²) in [6, 6.07) is 8.78. The zero-order chi connectivity index (χ0) is 21.1. The zero-order valence-corrected chi connectivity index (χ0v) is 17.5. The van der Waals surface area contributed by atoms with E-state index < -0.39 is 10.0 Å². The Labute approximate surface area is 176 Å². The van der Waals surface area contributed by atoms with Gasteiger partial charge in [-0.05, 0) is 72.9 Å². The summed E-state index contributed by atoms with van der Waals surface area (Å²) in [5.74, 6) is 0.723. The molecule has 5 rings (SSSR count). The zero-order valence-electron chi connectivity index (χ0n) is 16.6. The maximum Gasteiger partial charge on any atom is 0.240 e. The van der Waals surface area contributed by atoms with Gasteiger partial charge in [0.1, 0.15) is 5.84 Å². The van der Waals surface area contributed by atoms with E-state index >= 15 is 0 Å². The lowest BCUT2D eigenvalue weighted by atomic mass is 9.99. The van der Waals surface area contributed by atoms with E-state index in [1.165, 1.54) is 47.2 Å². The molecule has 0 amide bonds. The Hall–Kier alpha value is -2.80. The van der Waals surface area contributed by atoms with Crippen LogP contribution in [0.4, 0.5) is 5.69 Å². The summed E-state index contributed by atoms with van der Waals surface area (Å²) in [5.41, 5.74) is 7.19. The van der Waals surface area contributed by atoms with Crippen LogP contribution in [0.15, 0.2) is 45.2 Å². The van der Waals surface area contributed by atoms with Crippen molar-refractivity contribution in [3.63, 3.8) is 0 Å². The fraction of sp³-hybridized carbons (Fsp3) is 0.364. The largest absolute Gasteiger partial charge is 0.368 e. The summed E-state index contributed by atoms with van der Waals surface area (Å²) in [7, 11) is -3.64. The van der Waals surface area contributed by atoms with Gasteiger partial charge >= 0.3 is 0 Å². The number of nitrogens with one attached hydrogen (secondary N) is 1. The third-order valence-corrected chi connectivity index (χ3v) is 6.62. The first-order valence-corrected chi connectivity index (χ1v) is 11.7. The molecule has 8 heteroatoms. The molecule has 7 nitrogen and oxygen atoms in total. The Balaban J connectivity index is 0.000000145. The molecule has 0 atom stereocenters. The summed E-state index contributed by atoms with van der Waals surface area (Å²) in [6.45, 7) is 1.50. The number of aryl methyl sites for hydroxylation is 2. The van der Waals surface area contributed by atoms with Gasteiger partial charge in [-0.25, -0.2) is 18.4 Å². The second kappa shape index (κ2) is 8.52. The monoisotopic (exact) mass is 424 g/mol. The molecular weight excluding hydrogens is 400 g/mol. The Morgan fingerprint density at radius 1 is 1.03 bits per heavy atom. The molecule has 2 aromatic carbocycles. The molecular formula is C22H24N4O3S. The highest BCUT2D eigenvalue weighted by Crippen LogP contribution is 2.39. The van der Waals surface area contributed by atoms with Crippen LogP contribution < -0.4 is 10.5 Å². The van der Waals surface area contributed by atoms with Gasteiger partial charge in [-0.3, -0.25) is 4.99 Å². The smallest absolute Gasteiger partial charge is 0.240 e. The summed E-state index contributed by atoms with van der Waals surface area (Å²) in [4.78, 5) is 18.7. The molecule has 0 saturated carbocycles. The Morgan fingerprint density at radius 3 is 2.30 bits per heavy atom. The quantitative estimate of drug-likeness (QED) is 0.581. The van der Waals surface area contributed by atoms with Crippen molar-refractivity contribution in [3.05, 3.63) is 58.1 Å². The van der Waals surface area contributed by atoms with Crippen molar-refractivity contribution >= 4 is 27.6 Å². The van der Waals surface area contributed by atoms with Crippen LogP contribution in [0.3, 0.4) is 0 Å². The molecule has 0 spiro atoms. The van der Waals surface area contributed by atoms with Crippen LogP contribution in [0.5, 0.6) is 0 Å². The second-order valence-corrected chi connectivity index (χ2v) is 9.20. The highest BCUT2D eigenvalue weighted by molar-refractivity contribution is 7.89. The first kappa shape index (κ1) is 20.5. The van der Waals surface area contributed by atoms with Gasteiger partial charge in [0.25, 0.3) is 0 Å². The van der Waals surface area contributed by atoms with Gasteiger partial charge in [0.15, 0.2) is 0 Å². The molecule has 156 valence electrons. The Morgan fingerprint density at radius 2 is 1.73 bits per heavy atom. The van der Waals surface area contributed by atoms with Crippen molar-refractivity contribution in [2.75, 3.05) is 13.1 Å². The van der Waals surface area contributed by atoms with Crippen LogP contribution in [0, 0.1) is 0 Å². The van der Waals surface area contributed by atoms with Gasteiger partial charge in [0.2, 0.25) is 16.1 Å². The van der Waals surface area contributed by atoms with E-state index in [1.807, 2.05) is 0 Å². The highest BCUT2D eigenvalue weighted by atomic mass is 32.2. The van der Waals surface area contributed by atoms with Gasteiger partial charge in [0.05, 0.1) is 17.1 Å². The number of benzene rings is 2. The summed E-state index contributed by atoms with van der Waals surface area (Å²) >= 11 is 0. The van der Waals surface area contributed by atoms with Crippen molar-refractivity contribution in [2.24, 2.45) is 15.1 Å². The first-order valence-electron chi connectivity index (χ1n) is 10.1. The number of amidine groups is 1. The molecule has 0 radical (unpaired) electrons. The van der Waals surface area contributed by atoms with Crippen molar-refractivity contribution < 1.29 is 13.2 Å². The third kappa shape index (κ3) is 4.21. The van der Waals surface area contributed by atoms with Crippen LogP contribution in [0.1, 0.15) is 40.7 Å². The van der Waals surface area contributed by atoms with E-state index in [-0.39, 0.29) is 4.90 Å². The normalized spacial score (nSPS) is 16.5. The fourth-order valence-electron chi connectivity index (χ4n) is 4.38. The number of primary sulfonamides is 1. The molecule has 0 unspecified atom stereocenters. The average molecular weight is 425 g/mol. The van der Waals surface area contributed by atoms with Crippen LogP contribution in [0.25, 0.3) is 0 Å². The van der Waals surface area contributed by atoms with E-state index in [2.05, 4.69) is 21.4 Å². The molecule has 30 heavy (non-hydrogen) atoms. The van der Waals surface area contributed by atoms with Crippen LogP contribution >= 0.6 is 0 Å². The summed E-state index contributed by atoms with van der Waals surface area (Å²) in [5, 5.41) is 8.10. The molecule has 0 bridgehead atoms. The number of nitrogens with zero attached hydrogens (tertiary/aromatic N) is 2. The predicted molar refractivity (Wildman–Crippen MR) is 115 cm³/mol. The van der Waals surface area contributed by atoms with Crippen LogP contribution in [0.2, 0.25) is 0 Å². The topological polar surface area (TPSA) is 114 Å². The summed E-state index contributed by atoms with van der Waals surface area (Å²) in [6.07, 6.45) is 8.62. The number of nitrogens with two attached hydrogens (primary N) is 1. The second-order valence-electron chi connectivity index (χ2n) is 7.64. The number of carbonyl (C=O) groups excluding carboxylic acids is 1. The number of rotatable bonds is 3. The van der Waals surface area contributed by atoms with Crippen molar-refractivity contribution in [1.82, 2.24) is 5.32 Å². The molecule has 3 aliphatic rings. The van der Waals surface area contributed by atoms with E-state index in [4.69, 9.17) is 5.14 Å². The molecule has 1 aliphatic heterocycles.